The number of hydrogen-bond donors (Lipinski definition) is 3. The molecule has 1 fully saturated rings. The molecule has 3 heterocycles. The van der Waals surface area contributed by atoms with Gasteiger partial charge in [-0.2, -0.15) is 10.2 Å². The van der Waals surface area contributed by atoms with Crippen molar-refractivity contribution in [2.24, 2.45) is 0 Å². The molecular formula is C22H23N7O2. The number of ether oxygens (including phenoxy) is 1. The monoisotopic (exact) mass is 417 g/mol. The van der Waals surface area contributed by atoms with Crippen molar-refractivity contribution in [2.45, 2.75) is 6.54 Å². The van der Waals surface area contributed by atoms with E-state index >= 15 is 0 Å². The van der Waals surface area contributed by atoms with Crippen LogP contribution in [0.2, 0.25) is 0 Å². The number of rotatable bonds is 6. The van der Waals surface area contributed by atoms with Crippen LogP contribution in [0.5, 0.6) is 0 Å². The van der Waals surface area contributed by atoms with E-state index in [0.29, 0.717) is 16.9 Å². The number of benzene rings is 1. The van der Waals surface area contributed by atoms with Crippen molar-refractivity contribution >= 4 is 23.0 Å². The molecule has 1 aliphatic heterocycles. The summed E-state index contributed by atoms with van der Waals surface area (Å²) < 4.78 is 5.41. The van der Waals surface area contributed by atoms with Crippen molar-refractivity contribution in [2.75, 3.05) is 37.4 Å². The van der Waals surface area contributed by atoms with Gasteiger partial charge in [0.2, 0.25) is 0 Å². The number of nitrogens with one attached hydrogen (secondary N) is 2. The molecular weight excluding hydrogens is 394 g/mol. The number of nitrogens with zero attached hydrogens (tertiary/aromatic N) is 4. The summed E-state index contributed by atoms with van der Waals surface area (Å²) in [5, 5.41) is 18.3. The maximum absolute atomic E-state index is 12.5. The van der Waals surface area contributed by atoms with E-state index in [4.69, 9.17) is 15.9 Å². The van der Waals surface area contributed by atoms with Crippen molar-refractivity contribution in [3.8, 4) is 11.1 Å². The van der Waals surface area contributed by atoms with Gasteiger partial charge in [-0.05, 0) is 35.4 Å². The standard InChI is InChI=1S/C22H23N7O2/c23-20-2-1-16(10-19(20)21(24)22(30)28-18-3-4-26-27-13-18)17-9-15(11-25-12-17)14-29-5-7-31-8-6-29/h1-4,9-13,24H,5-8,14,23H2,(H,26,28,30). The molecule has 0 unspecified atom stereocenters. The Balaban J connectivity index is 1.54. The lowest BCUT2D eigenvalue weighted by atomic mass is 9.99. The van der Waals surface area contributed by atoms with Gasteiger partial charge in [0, 0.05) is 48.8 Å². The Bertz CT molecular complexity index is 1080. The van der Waals surface area contributed by atoms with Crippen molar-refractivity contribution in [3.63, 3.8) is 0 Å². The molecule has 4 N–H and O–H groups in total. The number of nitrogen functional groups attached to an aromatic ring is 1. The number of pyridine rings is 1. The van der Waals surface area contributed by atoms with Crippen LogP contribution in [0.1, 0.15) is 11.1 Å². The van der Waals surface area contributed by atoms with Gasteiger partial charge in [-0.3, -0.25) is 20.1 Å². The highest BCUT2D eigenvalue weighted by Crippen LogP contribution is 2.25. The molecule has 3 aromatic rings. The number of amides is 1. The SMILES string of the molecule is N=C(C(=O)Nc1ccnnc1)c1cc(-c2cncc(CN3CCOCC3)c2)ccc1N. The van der Waals surface area contributed by atoms with Crippen LogP contribution in [-0.4, -0.2) is 58.0 Å². The smallest absolute Gasteiger partial charge is 0.274 e. The average molecular weight is 417 g/mol. The van der Waals surface area contributed by atoms with Gasteiger partial charge in [0.1, 0.15) is 5.71 Å². The van der Waals surface area contributed by atoms with E-state index in [1.165, 1.54) is 12.4 Å². The normalized spacial score (nSPS) is 14.2. The summed E-state index contributed by atoms with van der Waals surface area (Å²) in [5.74, 6) is -0.573. The number of anilines is 2. The van der Waals surface area contributed by atoms with Crippen LogP contribution in [0.4, 0.5) is 11.4 Å². The van der Waals surface area contributed by atoms with Gasteiger partial charge in [-0.1, -0.05) is 6.07 Å². The van der Waals surface area contributed by atoms with Crippen LogP contribution in [0.25, 0.3) is 11.1 Å². The van der Waals surface area contributed by atoms with Crippen molar-refractivity contribution in [1.82, 2.24) is 20.1 Å². The number of hydrogen-bond acceptors (Lipinski definition) is 8. The lowest BCUT2D eigenvalue weighted by Crippen LogP contribution is -2.35. The van der Waals surface area contributed by atoms with Gasteiger partial charge >= 0.3 is 0 Å². The highest BCUT2D eigenvalue weighted by atomic mass is 16.5. The zero-order chi connectivity index (χ0) is 21.6. The van der Waals surface area contributed by atoms with Gasteiger partial charge in [-0.15, -0.1) is 0 Å². The number of nitrogens with two attached hydrogens (primary N) is 1. The zero-order valence-electron chi connectivity index (χ0n) is 16.9. The first kappa shape index (κ1) is 20.6. The minimum absolute atomic E-state index is 0.228. The number of carbonyl (C=O) groups excluding carboxylic acids is 1. The highest BCUT2D eigenvalue weighted by Gasteiger charge is 2.17. The average Bonchev–Trinajstić information content (AvgIpc) is 2.80. The second kappa shape index (κ2) is 9.41. The number of carbonyl (C=O) groups is 1. The third-order valence-corrected chi connectivity index (χ3v) is 5.03. The highest BCUT2D eigenvalue weighted by molar-refractivity contribution is 6.48. The molecule has 0 atom stereocenters. The van der Waals surface area contributed by atoms with Crippen LogP contribution < -0.4 is 11.1 Å². The van der Waals surface area contributed by atoms with Crippen molar-refractivity contribution in [3.05, 3.63) is 66.2 Å². The van der Waals surface area contributed by atoms with Gasteiger partial charge < -0.3 is 15.8 Å². The molecule has 0 bridgehead atoms. The van der Waals surface area contributed by atoms with E-state index in [-0.39, 0.29) is 5.71 Å². The second-order valence-corrected chi connectivity index (χ2v) is 7.23. The molecule has 2 aromatic heterocycles. The Hall–Kier alpha value is -3.69. The van der Waals surface area contributed by atoms with Crippen LogP contribution in [-0.2, 0) is 16.1 Å². The third-order valence-electron chi connectivity index (χ3n) is 5.03. The van der Waals surface area contributed by atoms with Crippen molar-refractivity contribution in [1.29, 1.82) is 5.41 Å². The maximum atomic E-state index is 12.5. The molecule has 1 aromatic carbocycles. The predicted molar refractivity (Wildman–Crippen MR) is 118 cm³/mol. The summed E-state index contributed by atoms with van der Waals surface area (Å²) in [6, 6.07) is 8.99. The first-order valence-electron chi connectivity index (χ1n) is 9.91. The Labute approximate surface area is 179 Å². The second-order valence-electron chi connectivity index (χ2n) is 7.23. The van der Waals surface area contributed by atoms with E-state index in [1.54, 1.807) is 24.4 Å². The maximum Gasteiger partial charge on any atom is 0.274 e. The molecule has 31 heavy (non-hydrogen) atoms. The summed E-state index contributed by atoms with van der Waals surface area (Å²) in [5.41, 5.74) is 9.85. The van der Waals surface area contributed by atoms with E-state index < -0.39 is 5.91 Å². The first-order valence-corrected chi connectivity index (χ1v) is 9.91. The Morgan fingerprint density at radius 1 is 1.10 bits per heavy atom. The number of morpholine rings is 1. The fraction of sp³-hybridized carbons (Fsp3) is 0.227. The minimum Gasteiger partial charge on any atom is -0.398 e. The summed E-state index contributed by atoms with van der Waals surface area (Å²) in [4.78, 5) is 19.2. The topological polar surface area (TPSA) is 130 Å². The largest absolute Gasteiger partial charge is 0.398 e. The molecule has 1 saturated heterocycles. The van der Waals surface area contributed by atoms with Crippen LogP contribution in [0.3, 0.4) is 0 Å². The summed E-state index contributed by atoms with van der Waals surface area (Å²) >= 11 is 0. The summed E-state index contributed by atoms with van der Waals surface area (Å²) in [6.07, 6.45) is 6.50. The molecule has 1 amide bonds. The van der Waals surface area contributed by atoms with Crippen LogP contribution in [0, 0.1) is 5.41 Å². The van der Waals surface area contributed by atoms with Crippen molar-refractivity contribution < 1.29 is 9.53 Å². The van der Waals surface area contributed by atoms with E-state index in [2.05, 4.69) is 31.5 Å². The summed E-state index contributed by atoms with van der Waals surface area (Å²) in [6.45, 7) is 4.08. The molecule has 1 aliphatic rings. The quantitative estimate of drug-likeness (QED) is 0.413. The van der Waals surface area contributed by atoms with Crippen LogP contribution >= 0.6 is 0 Å². The first-order chi connectivity index (χ1) is 15.1. The lowest BCUT2D eigenvalue weighted by Gasteiger charge is -2.26. The zero-order valence-corrected chi connectivity index (χ0v) is 16.9. The molecule has 9 nitrogen and oxygen atoms in total. The minimum atomic E-state index is -0.573. The Kier molecular flexibility index (Phi) is 6.25. The Morgan fingerprint density at radius 2 is 1.94 bits per heavy atom. The molecule has 0 spiro atoms. The molecule has 0 radical (unpaired) electrons. The fourth-order valence-corrected chi connectivity index (χ4v) is 3.38. The molecule has 9 heteroatoms. The van der Waals surface area contributed by atoms with E-state index in [9.17, 15) is 4.79 Å². The summed E-state index contributed by atoms with van der Waals surface area (Å²) in [7, 11) is 0. The third kappa shape index (κ3) is 5.08. The Morgan fingerprint density at radius 3 is 2.71 bits per heavy atom. The molecule has 158 valence electrons. The van der Waals surface area contributed by atoms with E-state index in [0.717, 1.165) is 49.5 Å². The number of aromatic nitrogens is 3. The van der Waals surface area contributed by atoms with Gasteiger partial charge in [0.05, 0.1) is 31.3 Å². The fourth-order valence-electron chi connectivity index (χ4n) is 3.38. The lowest BCUT2D eigenvalue weighted by molar-refractivity contribution is -0.110. The van der Waals surface area contributed by atoms with Gasteiger partial charge in [0.15, 0.2) is 0 Å². The molecule has 0 saturated carbocycles. The molecule has 4 rings (SSSR count). The van der Waals surface area contributed by atoms with E-state index in [1.807, 2.05) is 12.3 Å². The molecule has 0 aliphatic carbocycles. The van der Waals surface area contributed by atoms with Gasteiger partial charge in [0.25, 0.3) is 5.91 Å². The van der Waals surface area contributed by atoms with Gasteiger partial charge in [-0.25, -0.2) is 0 Å². The van der Waals surface area contributed by atoms with Crippen LogP contribution in [0.15, 0.2) is 55.1 Å². The predicted octanol–water partition coefficient (Wildman–Crippen LogP) is 1.96.